The summed E-state index contributed by atoms with van der Waals surface area (Å²) in [4.78, 5) is 11.3. The molecule has 0 spiro atoms. The predicted molar refractivity (Wildman–Crippen MR) is 116 cm³/mol. The second-order valence-corrected chi connectivity index (χ2v) is 7.93. The van der Waals surface area contributed by atoms with E-state index in [1.165, 1.54) is 24.0 Å². The van der Waals surface area contributed by atoms with E-state index >= 15 is 0 Å². The molecule has 1 aliphatic carbocycles. The molecule has 3 rings (SSSR count). The van der Waals surface area contributed by atoms with Crippen molar-refractivity contribution in [2.75, 3.05) is 0 Å². The molecule has 1 unspecified atom stereocenters. The van der Waals surface area contributed by atoms with E-state index < -0.39 is 0 Å². The molecule has 0 bridgehead atoms. The monoisotopic (exact) mass is 381 g/mol. The van der Waals surface area contributed by atoms with Crippen LogP contribution < -0.4 is 0 Å². The van der Waals surface area contributed by atoms with Crippen LogP contribution in [-0.4, -0.2) is 10.9 Å². The van der Waals surface area contributed by atoms with E-state index in [0.29, 0.717) is 23.4 Å². The number of aldehydes is 1. The molecule has 2 aromatic rings. The molecule has 1 aliphatic rings. The van der Waals surface area contributed by atoms with Gasteiger partial charge in [0.1, 0.15) is 6.29 Å². The van der Waals surface area contributed by atoms with E-state index in [-0.39, 0.29) is 0 Å². The maximum absolute atomic E-state index is 11.3. The third kappa shape index (κ3) is 3.96. The maximum Gasteiger partial charge on any atom is 0.139 e. The normalized spacial score (nSPS) is 16.6. The molecule has 3 heteroatoms. The molecule has 0 radical (unpaired) electrons. The molecule has 0 N–H and O–H groups in total. The summed E-state index contributed by atoms with van der Waals surface area (Å²) in [6.45, 7) is 11.0. The van der Waals surface area contributed by atoms with Crippen molar-refractivity contribution in [2.24, 2.45) is 11.8 Å². The topological polar surface area (TPSA) is 22.0 Å². The molecule has 142 valence electrons. The van der Waals surface area contributed by atoms with Crippen LogP contribution >= 0.6 is 11.6 Å². The zero-order valence-corrected chi connectivity index (χ0v) is 17.2. The first-order valence-electron chi connectivity index (χ1n) is 9.78. The lowest BCUT2D eigenvalue weighted by Gasteiger charge is -2.12. The van der Waals surface area contributed by atoms with E-state index in [0.717, 1.165) is 34.9 Å². The van der Waals surface area contributed by atoms with Gasteiger partial charge in [0, 0.05) is 27.2 Å². The zero-order valence-electron chi connectivity index (χ0n) is 16.5. The van der Waals surface area contributed by atoms with Crippen LogP contribution in [0.5, 0.6) is 0 Å². The highest BCUT2D eigenvalue weighted by molar-refractivity contribution is 6.31. The molecular formula is C24H28ClNO. The average Bonchev–Trinajstić information content (AvgIpc) is 3.46. The van der Waals surface area contributed by atoms with Gasteiger partial charge in [-0.2, -0.15) is 0 Å². The second-order valence-electron chi connectivity index (χ2n) is 7.49. The van der Waals surface area contributed by atoms with Crippen molar-refractivity contribution >= 4 is 34.4 Å². The average molecular weight is 382 g/mol. The summed E-state index contributed by atoms with van der Waals surface area (Å²) in [5.41, 5.74) is 5.81. The van der Waals surface area contributed by atoms with Crippen molar-refractivity contribution in [1.29, 1.82) is 0 Å². The Hall–Kier alpha value is -2.06. The van der Waals surface area contributed by atoms with Crippen molar-refractivity contribution in [3.8, 4) is 0 Å². The smallest absolute Gasteiger partial charge is 0.139 e. The predicted octanol–water partition coefficient (Wildman–Crippen LogP) is 6.75. The van der Waals surface area contributed by atoms with Gasteiger partial charge in [0.05, 0.1) is 6.54 Å². The zero-order chi connectivity index (χ0) is 19.6. The van der Waals surface area contributed by atoms with E-state index in [9.17, 15) is 4.79 Å². The van der Waals surface area contributed by atoms with E-state index in [4.69, 9.17) is 11.6 Å². The highest BCUT2D eigenvalue weighted by Crippen LogP contribution is 2.44. The summed E-state index contributed by atoms with van der Waals surface area (Å²) in [6.07, 6.45) is 11.1. The van der Waals surface area contributed by atoms with Gasteiger partial charge in [-0.05, 0) is 60.9 Å². The first-order valence-corrected chi connectivity index (χ1v) is 10.2. The van der Waals surface area contributed by atoms with Crippen LogP contribution in [0, 0.1) is 18.8 Å². The molecule has 1 aromatic carbocycles. The second kappa shape index (κ2) is 8.31. The Bertz CT molecular complexity index is 927. The van der Waals surface area contributed by atoms with Crippen LogP contribution in [-0.2, 0) is 11.3 Å². The molecule has 1 atom stereocenters. The molecule has 0 saturated heterocycles. The Balaban J connectivity index is 2.28. The Morgan fingerprint density at radius 3 is 2.74 bits per heavy atom. The first kappa shape index (κ1) is 19.7. The minimum atomic E-state index is 0.343. The van der Waals surface area contributed by atoms with Crippen molar-refractivity contribution in [2.45, 2.75) is 46.6 Å². The van der Waals surface area contributed by atoms with Crippen LogP contribution in [0.4, 0.5) is 0 Å². The Labute approximate surface area is 167 Å². The minimum absolute atomic E-state index is 0.343. The molecule has 1 heterocycles. The van der Waals surface area contributed by atoms with Crippen LogP contribution in [0.2, 0.25) is 5.02 Å². The fourth-order valence-corrected chi connectivity index (χ4v) is 3.88. The molecule has 0 aliphatic heterocycles. The third-order valence-electron chi connectivity index (χ3n) is 5.59. The number of allylic oxidation sites excluding steroid dienone is 5. The van der Waals surface area contributed by atoms with Crippen molar-refractivity contribution in [1.82, 2.24) is 4.57 Å². The van der Waals surface area contributed by atoms with Gasteiger partial charge in [0.25, 0.3) is 0 Å². The van der Waals surface area contributed by atoms with E-state index in [1.807, 2.05) is 24.3 Å². The quantitative estimate of drug-likeness (QED) is 0.366. The molecule has 1 aromatic heterocycles. The number of fused-ring (bicyclic) bond motifs is 1. The lowest BCUT2D eigenvalue weighted by molar-refractivity contribution is -0.108. The SMILES string of the molecule is C=C/C(=C(\C=C/C(C)CC)C1CC1)c1c(C)n(CC=O)c2ccc(Cl)cc12. The van der Waals surface area contributed by atoms with Gasteiger partial charge in [-0.1, -0.05) is 56.7 Å². The molecule has 0 amide bonds. The molecule has 27 heavy (non-hydrogen) atoms. The number of halogens is 1. The fraction of sp³-hybridized carbons (Fsp3) is 0.375. The van der Waals surface area contributed by atoms with E-state index in [1.54, 1.807) is 0 Å². The summed E-state index contributed by atoms with van der Waals surface area (Å²) in [6, 6.07) is 5.90. The molecule has 2 nitrogen and oxygen atoms in total. The number of nitrogens with zero attached hydrogens (tertiary/aromatic N) is 1. The number of aromatic nitrogens is 1. The number of rotatable bonds is 8. The van der Waals surface area contributed by atoms with Gasteiger partial charge in [0.2, 0.25) is 0 Å². The van der Waals surface area contributed by atoms with Gasteiger partial charge in [0.15, 0.2) is 0 Å². The standard InChI is InChI=1S/C24H28ClNO/c1-5-16(3)7-11-21(18-8-9-18)20(6-2)24-17(4)26(13-14-27)23-12-10-19(25)15-22(23)24/h6-7,10-12,14-16,18H,2,5,8-9,13H2,1,3-4H3/b11-7-,21-20-. The number of benzene rings is 1. The van der Waals surface area contributed by atoms with Gasteiger partial charge < -0.3 is 9.36 Å². The highest BCUT2D eigenvalue weighted by atomic mass is 35.5. The molecule has 1 saturated carbocycles. The van der Waals surface area contributed by atoms with Crippen LogP contribution in [0.15, 0.2) is 48.6 Å². The van der Waals surface area contributed by atoms with Gasteiger partial charge in [-0.15, -0.1) is 0 Å². The van der Waals surface area contributed by atoms with Gasteiger partial charge in [-0.3, -0.25) is 0 Å². The lowest BCUT2D eigenvalue weighted by Crippen LogP contribution is -2.02. The molecule has 1 fully saturated rings. The van der Waals surface area contributed by atoms with Crippen molar-refractivity contribution < 1.29 is 4.79 Å². The maximum atomic E-state index is 11.3. The van der Waals surface area contributed by atoms with E-state index in [2.05, 4.69) is 44.1 Å². The summed E-state index contributed by atoms with van der Waals surface area (Å²) < 4.78 is 2.07. The van der Waals surface area contributed by atoms with Crippen LogP contribution in [0.3, 0.4) is 0 Å². The number of carbonyl (C=O) groups excluding carboxylic acids is 1. The Kier molecular flexibility index (Phi) is 6.06. The largest absolute Gasteiger partial charge is 0.337 e. The van der Waals surface area contributed by atoms with Crippen molar-refractivity contribution in [3.05, 3.63) is 64.9 Å². The summed E-state index contributed by atoms with van der Waals surface area (Å²) >= 11 is 6.32. The van der Waals surface area contributed by atoms with Crippen molar-refractivity contribution in [3.63, 3.8) is 0 Å². The van der Waals surface area contributed by atoms with Crippen LogP contribution in [0.1, 0.15) is 44.4 Å². The van der Waals surface area contributed by atoms with Crippen LogP contribution in [0.25, 0.3) is 16.5 Å². The highest BCUT2D eigenvalue weighted by Gasteiger charge is 2.28. The minimum Gasteiger partial charge on any atom is -0.337 e. The Morgan fingerprint density at radius 1 is 1.41 bits per heavy atom. The summed E-state index contributed by atoms with van der Waals surface area (Å²) in [5, 5.41) is 1.80. The van der Waals surface area contributed by atoms with Gasteiger partial charge >= 0.3 is 0 Å². The third-order valence-corrected chi connectivity index (χ3v) is 5.83. The first-order chi connectivity index (χ1) is 13.0. The number of hydrogen-bond donors (Lipinski definition) is 0. The molecular weight excluding hydrogens is 354 g/mol. The number of carbonyl (C=O) groups is 1. The summed E-state index contributed by atoms with van der Waals surface area (Å²) in [7, 11) is 0. The lowest BCUT2D eigenvalue weighted by atomic mass is 9.93. The Morgan fingerprint density at radius 2 is 2.15 bits per heavy atom. The number of hydrogen-bond acceptors (Lipinski definition) is 1. The summed E-state index contributed by atoms with van der Waals surface area (Å²) in [5.74, 6) is 1.15. The van der Waals surface area contributed by atoms with Gasteiger partial charge in [-0.25, -0.2) is 0 Å². The fourth-order valence-electron chi connectivity index (χ4n) is 3.71.